The van der Waals surface area contributed by atoms with Gasteiger partial charge in [-0.3, -0.25) is 4.79 Å². The Morgan fingerprint density at radius 2 is 1.86 bits per heavy atom. The molecule has 5 rings (SSSR count). The fourth-order valence-electron chi connectivity index (χ4n) is 4.27. The monoisotopic (exact) mass is 489 g/mol. The van der Waals surface area contributed by atoms with Crippen LogP contribution in [0.2, 0.25) is 5.02 Å². The Bertz CT molecular complexity index is 1500. The van der Waals surface area contributed by atoms with Crippen LogP contribution in [-0.2, 0) is 13.1 Å². The number of urea groups is 1. The third-order valence-electron chi connectivity index (χ3n) is 5.92. The molecule has 1 aliphatic rings. The average Bonchev–Trinajstić information content (AvgIpc) is 3.27. The molecule has 1 aliphatic heterocycles. The first-order valence-corrected chi connectivity index (χ1v) is 11.6. The van der Waals surface area contributed by atoms with Crippen LogP contribution >= 0.6 is 11.6 Å². The molecule has 0 radical (unpaired) electrons. The number of halogens is 1. The van der Waals surface area contributed by atoms with Crippen LogP contribution in [0.1, 0.15) is 22.3 Å². The van der Waals surface area contributed by atoms with Gasteiger partial charge in [0.1, 0.15) is 0 Å². The number of hydrogen-bond donors (Lipinski definition) is 2. The van der Waals surface area contributed by atoms with E-state index in [0.29, 0.717) is 27.8 Å². The van der Waals surface area contributed by atoms with Crippen molar-refractivity contribution in [1.29, 1.82) is 0 Å². The van der Waals surface area contributed by atoms with Crippen LogP contribution in [0.3, 0.4) is 0 Å². The number of aryl methyl sites for hydroxylation is 2. The standard InChI is InChI=1S/C27H24ClN3O4/c1-16-8-17(2)22-11-19(26(32)30-23(22)9-16)14-31(27(33)29-21-5-3-4-20(28)12-21)13-18-6-7-24-25(10-18)35-15-34-24/h3-12H,13-15H2,1-2H3,(H,29,33)(H,30,32). The lowest BCUT2D eigenvalue weighted by Crippen LogP contribution is -2.35. The fraction of sp³-hybridized carbons (Fsp3) is 0.185. The number of nitrogens with zero attached hydrogens (tertiary/aromatic N) is 1. The van der Waals surface area contributed by atoms with Gasteiger partial charge in [-0.05, 0) is 73.0 Å². The van der Waals surface area contributed by atoms with Crippen molar-refractivity contribution in [2.45, 2.75) is 26.9 Å². The minimum atomic E-state index is -0.356. The number of pyridine rings is 1. The van der Waals surface area contributed by atoms with Gasteiger partial charge in [0.25, 0.3) is 5.56 Å². The maximum absolute atomic E-state index is 13.4. The number of ether oxygens (including phenoxy) is 2. The van der Waals surface area contributed by atoms with E-state index >= 15 is 0 Å². The van der Waals surface area contributed by atoms with Gasteiger partial charge in [0.05, 0.1) is 6.54 Å². The Kier molecular flexibility index (Phi) is 6.09. The maximum atomic E-state index is 13.4. The van der Waals surface area contributed by atoms with Crippen molar-refractivity contribution in [3.05, 3.63) is 98.3 Å². The molecular formula is C27H24ClN3O4. The first-order valence-electron chi connectivity index (χ1n) is 11.2. The highest BCUT2D eigenvalue weighted by atomic mass is 35.5. The van der Waals surface area contributed by atoms with E-state index in [1.807, 2.05) is 44.2 Å². The number of nitrogens with one attached hydrogen (secondary N) is 2. The number of amides is 2. The first-order chi connectivity index (χ1) is 16.9. The molecule has 2 heterocycles. The van der Waals surface area contributed by atoms with Crippen LogP contribution in [-0.4, -0.2) is 22.7 Å². The highest BCUT2D eigenvalue weighted by Gasteiger charge is 2.20. The minimum absolute atomic E-state index is 0.111. The molecule has 4 aromatic rings. The molecule has 7 nitrogen and oxygen atoms in total. The normalized spacial score (nSPS) is 12.1. The molecule has 8 heteroatoms. The molecule has 0 bridgehead atoms. The van der Waals surface area contributed by atoms with E-state index in [-0.39, 0.29) is 31.5 Å². The summed E-state index contributed by atoms with van der Waals surface area (Å²) < 4.78 is 10.9. The summed E-state index contributed by atoms with van der Waals surface area (Å²) in [5.74, 6) is 1.30. The molecule has 0 saturated heterocycles. The Balaban J connectivity index is 1.48. The van der Waals surface area contributed by atoms with Crippen molar-refractivity contribution in [2.24, 2.45) is 0 Å². The molecule has 2 amide bonds. The van der Waals surface area contributed by atoms with Crippen molar-refractivity contribution < 1.29 is 14.3 Å². The van der Waals surface area contributed by atoms with Gasteiger partial charge in [-0.2, -0.15) is 0 Å². The molecule has 2 N–H and O–H groups in total. The predicted molar refractivity (Wildman–Crippen MR) is 136 cm³/mol. The maximum Gasteiger partial charge on any atom is 0.322 e. The van der Waals surface area contributed by atoms with Crippen molar-refractivity contribution in [2.75, 3.05) is 12.1 Å². The number of carbonyl (C=O) groups excluding carboxylic acids is 1. The molecule has 178 valence electrons. The quantitative estimate of drug-likeness (QED) is 0.373. The van der Waals surface area contributed by atoms with Crippen LogP contribution in [0, 0.1) is 13.8 Å². The van der Waals surface area contributed by atoms with Crippen molar-refractivity contribution in [3.63, 3.8) is 0 Å². The second kappa shape index (κ2) is 9.35. The topological polar surface area (TPSA) is 83.7 Å². The van der Waals surface area contributed by atoms with Gasteiger partial charge in [0.2, 0.25) is 6.79 Å². The minimum Gasteiger partial charge on any atom is -0.454 e. The van der Waals surface area contributed by atoms with Crippen LogP contribution in [0.4, 0.5) is 10.5 Å². The van der Waals surface area contributed by atoms with Crippen LogP contribution in [0.15, 0.2) is 65.5 Å². The van der Waals surface area contributed by atoms with Gasteiger partial charge in [0, 0.05) is 33.7 Å². The van der Waals surface area contributed by atoms with Crippen molar-refractivity contribution in [1.82, 2.24) is 9.88 Å². The number of H-pyrrole nitrogens is 1. The van der Waals surface area contributed by atoms with E-state index in [1.54, 1.807) is 29.2 Å². The summed E-state index contributed by atoms with van der Waals surface area (Å²) in [4.78, 5) is 30.9. The summed E-state index contributed by atoms with van der Waals surface area (Å²) >= 11 is 6.09. The lowest BCUT2D eigenvalue weighted by Gasteiger charge is -2.23. The third kappa shape index (κ3) is 4.95. The van der Waals surface area contributed by atoms with Gasteiger partial charge in [0.15, 0.2) is 11.5 Å². The molecule has 0 atom stereocenters. The van der Waals surface area contributed by atoms with E-state index < -0.39 is 0 Å². The van der Waals surface area contributed by atoms with E-state index in [1.165, 1.54) is 0 Å². The first kappa shape index (κ1) is 22.8. The summed E-state index contributed by atoms with van der Waals surface area (Å²) in [7, 11) is 0. The Morgan fingerprint density at radius 3 is 2.69 bits per heavy atom. The van der Waals surface area contributed by atoms with Crippen molar-refractivity contribution in [3.8, 4) is 11.5 Å². The number of fused-ring (bicyclic) bond motifs is 2. The number of benzene rings is 3. The highest BCUT2D eigenvalue weighted by Crippen LogP contribution is 2.33. The highest BCUT2D eigenvalue weighted by molar-refractivity contribution is 6.30. The summed E-state index contributed by atoms with van der Waals surface area (Å²) in [6, 6.07) is 18.0. The molecule has 0 spiro atoms. The number of hydrogen-bond acceptors (Lipinski definition) is 4. The summed E-state index contributed by atoms with van der Waals surface area (Å²) in [6.45, 7) is 4.54. The van der Waals surface area contributed by atoms with Gasteiger partial charge >= 0.3 is 6.03 Å². The molecule has 3 aromatic carbocycles. The Labute approximate surface area is 207 Å². The summed E-state index contributed by atoms with van der Waals surface area (Å²) in [6.07, 6.45) is 0. The fourth-order valence-corrected chi connectivity index (χ4v) is 4.46. The molecule has 0 aliphatic carbocycles. The molecule has 0 saturated carbocycles. The van der Waals surface area contributed by atoms with Gasteiger partial charge in [-0.25, -0.2) is 4.79 Å². The lowest BCUT2D eigenvalue weighted by atomic mass is 10.0. The number of anilines is 1. The molecule has 1 aromatic heterocycles. The number of aromatic nitrogens is 1. The second-order valence-electron chi connectivity index (χ2n) is 8.65. The van der Waals surface area contributed by atoms with E-state index in [4.69, 9.17) is 21.1 Å². The molecule has 0 unspecified atom stereocenters. The predicted octanol–water partition coefficient (Wildman–Crippen LogP) is 5.76. The zero-order valence-electron chi connectivity index (χ0n) is 19.4. The zero-order valence-corrected chi connectivity index (χ0v) is 20.1. The van der Waals surface area contributed by atoms with Gasteiger partial charge in [-0.15, -0.1) is 0 Å². The van der Waals surface area contributed by atoms with Crippen LogP contribution in [0.25, 0.3) is 10.9 Å². The average molecular weight is 490 g/mol. The van der Waals surface area contributed by atoms with Gasteiger partial charge < -0.3 is 24.7 Å². The SMILES string of the molecule is Cc1cc(C)c2cc(CN(Cc3ccc4c(c3)OCO4)C(=O)Nc3cccc(Cl)c3)c(=O)[nH]c2c1. The summed E-state index contributed by atoms with van der Waals surface area (Å²) in [5, 5.41) is 4.35. The van der Waals surface area contributed by atoms with Crippen molar-refractivity contribution >= 4 is 34.2 Å². The largest absolute Gasteiger partial charge is 0.454 e. The number of carbonyl (C=O) groups is 1. The molecule has 35 heavy (non-hydrogen) atoms. The lowest BCUT2D eigenvalue weighted by molar-refractivity contribution is 0.174. The van der Waals surface area contributed by atoms with E-state index in [9.17, 15) is 9.59 Å². The molecular weight excluding hydrogens is 466 g/mol. The van der Waals surface area contributed by atoms with Crippen LogP contribution < -0.4 is 20.3 Å². The van der Waals surface area contributed by atoms with Crippen LogP contribution in [0.5, 0.6) is 11.5 Å². The van der Waals surface area contributed by atoms with Gasteiger partial charge in [-0.1, -0.05) is 29.8 Å². The number of aromatic amines is 1. The Hall–Kier alpha value is -3.97. The van der Waals surface area contributed by atoms with E-state index in [2.05, 4.69) is 16.4 Å². The zero-order chi connectivity index (χ0) is 24.5. The summed E-state index contributed by atoms with van der Waals surface area (Å²) in [5.41, 5.74) is 4.59. The van der Waals surface area contributed by atoms with E-state index in [0.717, 1.165) is 27.6 Å². The number of rotatable bonds is 5. The third-order valence-corrected chi connectivity index (χ3v) is 6.16. The second-order valence-corrected chi connectivity index (χ2v) is 9.09. The Morgan fingerprint density at radius 1 is 1.03 bits per heavy atom. The smallest absolute Gasteiger partial charge is 0.322 e. The molecule has 0 fully saturated rings.